The normalized spacial score (nSPS) is 13.0. The average molecular weight is 411 g/mol. The van der Waals surface area contributed by atoms with Crippen LogP contribution in [0.1, 0.15) is 48.1 Å². The first kappa shape index (κ1) is 18.9. The fraction of sp³-hybridized carbons (Fsp3) is 0.143. The number of hydrogen-bond acceptors (Lipinski definition) is 6. The van der Waals surface area contributed by atoms with Crippen LogP contribution in [0.3, 0.4) is 0 Å². The van der Waals surface area contributed by atoms with E-state index in [1.54, 1.807) is 38.1 Å². The van der Waals surface area contributed by atoms with Gasteiger partial charge in [0.2, 0.25) is 0 Å². The maximum absolute atomic E-state index is 12.8. The van der Waals surface area contributed by atoms with Gasteiger partial charge >= 0.3 is 5.97 Å². The third-order valence-corrected chi connectivity index (χ3v) is 5.06. The van der Waals surface area contributed by atoms with E-state index >= 15 is 0 Å². The summed E-state index contributed by atoms with van der Waals surface area (Å²) in [5.74, 6) is -1.09. The minimum atomic E-state index is -0.621. The predicted molar refractivity (Wildman–Crippen MR) is 104 cm³/mol. The minimum Gasteiger partial charge on any atom is -0.457 e. The number of esters is 1. The summed E-state index contributed by atoms with van der Waals surface area (Å²) in [7, 11) is 0. The van der Waals surface area contributed by atoms with Gasteiger partial charge in [0.05, 0.1) is 38.7 Å². The standard InChI is InChI=1S/C21H15ClN2O5/c1-11-16(12(2)29-23-11)10-28-21(27)13-7-8-14-15(9-13)20(26)24(19(14)25)18-6-4-3-5-17(18)22/h3-9H,10H2,1-2H3. The van der Waals surface area contributed by atoms with Crippen LogP contribution in [0.2, 0.25) is 5.02 Å². The number of rotatable bonds is 4. The Morgan fingerprint density at radius 3 is 2.52 bits per heavy atom. The van der Waals surface area contributed by atoms with E-state index in [2.05, 4.69) is 5.16 Å². The highest BCUT2D eigenvalue weighted by Crippen LogP contribution is 2.33. The molecule has 2 aromatic carbocycles. The molecule has 2 heterocycles. The fourth-order valence-electron chi connectivity index (χ4n) is 3.15. The molecule has 0 saturated carbocycles. The Bertz CT molecular complexity index is 1150. The van der Waals surface area contributed by atoms with Crippen LogP contribution in [0.25, 0.3) is 0 Å². The molecular weight excluding hydrogens is 396 g/mol. The third-order valence-electron chi connectivity index (χ3n) is 4.74. The van der Waals surface area contributed by atoms with Crippen LogP contribution >= 0.6 is 11.6 Å². The van der Waals surface area contributed by atoms with E-state index in [0.29, 0.717) is 22.7 Å². The lowest BCUT2D eigenvalue weighted by molar-refractivity contribution is 0.0470. The predicted octanol–water partition coefficient (Wildman–Crippen LogP) is 4.10. The molecule has 0 atom stereocenters. The molecule has 0 saturated heterocycles. The summed E-state index contributed by atoms with van der Waals surface area (Å²) in [6.45, 7) is 3.48. The number of imide groups is 1. The van der Waals surface area contributed by atoms with Gasteiger partial charge in [-0.1, -0.05) is 28.9 Å². The number of ether oxygens (including phenoxy) is 1. The molecule has 29 heavy (non-hydrogen) atoms. The second kappa shape index (κ2) is 7.18. The smallest absolute Gasteiger partial charge is 0.338 e. The van der Waals surface area contributed by atoms with Crippen molar-refractivity contribution in [2.24, 2.45) is 0 Å². The molecule has 1 aliphatic heterocycles. The Kier molecular flexibility index (Phi) is 4.68. The maximum atomic E-state index is 12.8. The molecule has 0 fully saturated rings. The van der Waals surface area contributed by atoms with Gasteiger partial charge in [0.25, 0.3) is 11.8 Å². The highest BCUT2D eigenvalue weighted by Gasteiger charge is 2.38. The summed E-state index contributed by atoms with van der Waals surface area (Å²) in [5, 5.41) is 4.09. The fourth-order valence-corrected chi connectivity index (χ4v) is 3.37. The quantitative estimate of drug-likeness (QED) is 0.475. The van der Waals surface area contributed by atoms with Gasteiger partial charge in [-0.05, 0) is 44.2 Å². The van der Waals surface area contributed by atoms with Crippen LogP contribution in [0.15, 0.2) is 47.0 Å². The molecule has 0 bridgehead atoms. The topological polar surface area (TPSA) is 89.7 Å². The monoisotopic (exact) mass is 410 g/mol. The molecule has 3 aromatic rings. The second-order valence-corrected chi connectivity index (χ2v) is 6.94. The lowest BCUT2D eigenvalue weighted by Crippen LogP contribution is -2.29. The van der Waals surface area contributed by atoms with Crippen molar-refractivity contribution >= 4 is 35.1 Å². The Balaban J connectivity index is 1.59. The van der Waals surface area contributed by atoms with E-state index < -0.39 is 17.8 Å². The molecular formula is C21H15ClN2O5. The first-order valence-electron chi connectivity index (χ1n) is 8.74. The molecule has 0 unspecified atom stereocenters. The third kappa shape index (κ3) is 3.19. The molecule has 4 rings (SSSR count). The van der Waals surface area contributed by atoms with Gasteiger partial charge < -0.3 is 9.26 Å². The number of para-hydroxylation sites is 1. The van der Waals surface area contributed by atoms with Crippen LogP contribution in [-0.2, 0) is 11.3 Å². The van der Waals surface area contributed by atoms with Crippen LogP contribution in [0.4, 0.5) is 5.69 Å². The number of benzene rings is 2. The van der Waals surface area contributed by atoms with Gasteiger partial charge in [-0.2, -0.15) is 0 Å². The Morgan fingerprint density at radius 1 is 1.10 bits per heavy atom. The SMILES string of the molecule is Cc1noc(C)c1COC(=O)c1ccc2c(c1)C(=O)N(c1ccccc1Cl)C2=O. The lowest BCUT2D eigenvalue weighted by atomic mass is 10.1. The second-order valence-electron chi connectivity index (χ2n) is 6.54. The van der Waals surface area contributed by atoms with E-state index in [-0.39, 0.29) is 28.3 Å². The Labute approximate surface area is 170 Å². The Hall–Kier alpha value is -3.45. The average Bonchev–Trinajstić information content (AvgIpc) is 3.16. The highest BCUT2D eigenvalue weighted by atomic mass is 35.5. The number of carbonyl (C=O) groups excluding carboxylic acids is 3. The minimum absolute atomic E-state index is 0.00426. The van der Waals surface area contributed by atoms with Gasteiger partial charge in [-0.3, -0.25) is 9.59 Å². The van der Waals surface area contributed by atoms with Gasteiger partial charge in [-0.25, -0.2) is 9.69 Å². The zero-order chi connectivity index (χ0) is 20.7. The van der Waals surface area contributed by atoms with E-state index in [1.165, 1.54) is 18.2 Å². The number of aromatic nitrogens is 1. The van der Waals surface area contributed by atoms with Crippen molar-refractivity contribution in [3.63, 3.8) is 0 Å². The molecule has 0 radical (unpaired) electrons. The van der Waals surface area contributed by atoms with Crippen molar-refractivity contribution in [1.82, 2.24) is 5.16 Å². The first-order chi connectivity index (χ1) is 13.9. The van der Waals surface area contributed by atoms with E-state index in [4.69, 9.17) is 20.9 Å². The van der Waals surface area contributed by atoms with Gasteiger partial charge in [0.1, 0.15) is 12.4 Å². The summed E-state index contributed by atoms with van der Waals surface area (Å²) in [6, 6.07) is 10.8. The van der Waals surface area contributed by atoms with E-state index in [9.17, 15) is 14.4 Å². The summed E-state index contributed by atoms with van der Waals surface area (Å²) in [5.41, 5.74) is 2.12. The van der Waals surface area contributed by atoms with Crippen LogP contribution in [-0.4, -0.2) is 22.9 Å². The molecule has 0 aliphatic carbocycles. The number of hydrogen-bond donors (Lipinski definition) is 0. The van der Waals surface area contributed by atoms with Gasteiger partial charge in [0, 0.05) is 0 Å². The largest absolute Gasteiger partial charge is 0.457 e. The van der Waals surface area contributed by atoms with E-state index in [0.717, 1.165) is 4.90 Å². The van der Waals surface area contributed by atoms with Gasteiger partial charge in [0.15, 0.2) is 0 Å². The number of amides is 2. The van der Waals surface area contributed by atoms with Crippen molar-refractivity contribution < 1.29 is 23.6 Å². The zero-order valence-electron chi connectivity index (χ0n) is 15.6. The summed E-state index contributed by atoms with van der Waals surface area (Å²) >= 11 is 6.14. The van der Waals surface area contributed by atoms with Crippen molar-refractivity contribution in [2.75, 3.05) is 4.90 Å². The van der Waals surface area contributed by atoms with Crippen LogP contribution in [0.5, 0.6) is 0 Å². The molecule has 2 amide bonds. The van der Waals surface area contributed by atoms with Crippen LogP contribution in [0, 0.1) is 13.8 Å². The summed E-state index contributed by atoms with van der Waals surface area (Å²) in [6.07, 6.45) is 0. The van der Waals surface area contributed by atoms with Gasteiger partial charge in [-0.15, -0.1) is 0 Å². The number of carbonyl (C=O) groups is 3. The molecule has 8 heteroatoms. The number of anilines is 1. The van der Waals surface area contributed by atoms with Crippen molar-refractivity contribution in [2.45, 2.75) is 20.5 Å². The number of fused-ring (bicyclic) bond motifs is 1. The number of aryl methyl sites for hydroxylation is 2. The van der Waals surface area contributed by atoms with Crippen molar-refractivity contribution in [3.05, 3.63) is 81.2 Å². The molecule has 1 aromatic heterocycles. The molecule has 146 valence electrons. The Morgan fingerprint density at radius 2 is 1.83 bits per heavy atom. The number of nitrogens with zero attached hydrogens (tertiary/aromatic N) is 2. The molecule has 7 nitrogen and oxygen atoms in total. The molecule has 0 N–H and O–H groups in total. The van der Waals surface area contributed by atoms with Crippen molar-refractivity contribution in [1.29, 1.82) is 0 Å². The summed E-state index contributed by atoms with van der Waals surface area (Å²) < 4.78 is 10.4. The number of halogens is 1. The molecule has 1 aliphatic rings. The zero-order valence-corrected chi connectivity index (χ0v) is 16.3. The maximum Gasteiger partial charge on any atom is 0.338 e. The summed E-state index contributed by atoms with van der Waals surface area (Å²) in [4.78, 5) is 39.0. The highest BCUT2D eigenvalue weighted by molar-refractivity contribution is 6.39. The van der Waals surface area contributed by atoms with E-state index in [1.807, 2.05) is 0 Å². The van der Waals surface area contributed by atoms with Crippen molar-refractivity contribution in [3.8, 4) is 0 Å². The molecule has 0 spiro atoms. The first-order valence-corrected chi connectivity index (χ1v) is 9.12. The van der Waals surface area contributed by atoms with Crippen LogP contribution < -0.4 is 4.90 Å². The lowest BCUT2D eigenvalue weighted by Gasteiger charge is -2.15.